The van der Waals surface area contributed by atoms with Crippen LogP contribution in [0.25, 0.3) is 0 Å². The molecular weight excluding hydrogens is 535 g/mol. The van der Waals surface area contributed by atoms with Gasteiger partial charge in [-0.2, -0.15) is 13.5 Å². The van der Waals surface area contributed by atoms with E-state index in [-0.39, 0.29) is 10.6 Å². The van der Waals surface area contributed by atoms with Crippen molar-refractivity contribution < 1.29 is 22.1 Å². The molecule has 0 saturated heterocycles. The second-order valence-corrected chi connectivity index (χ2v) is 10.1. The molecular formula is C27H20Cl2N2O5S. The summed E-state index contributed by atoms with van der Waals surface area (Å²) in [6.45, 7) is 0.312. The van der Waals surface area contributed by atoms with Crippen molar-refractivity contribution in [3.63, 3.8) is 0 Å². The third-order valence-corrected chi connectivity index (χ3v) is 6.92. The average Bonchev–Trinajstić information content (AvgIpc) is 2.89. The summed E-state index contributed by atoms with van der Waals surface area (Å²) < 4.78 is 35.6. The molecule has 188 valence electrons. The maximum Gasteiger partial charge on any atom is 0.339 e. The minimum absolute atomic E-state index is 0.00885. The van der Waals surface area contributed by atoms with Crippen LogP contribution >= 0.6 is 23.2 Å². The lowest BCUT2D eigenvalue weighted by molar-refractivity contribution is 0.0955. The molecule has 37 heavy (non-hydrogen) atoms. The number of amides is 1. The molecule has 1 N–H and O–H groups in total. The van der Waals surface area contributed by atoms with E-state index in [9.17, 15) is 13.2 Å². The van der Waals surface area contributed by atoms with Crippen LogP contribution in [0.5, 0.6) is 11.5 Å². The average molecular weight is 555 g/mol. The number of hydrogen-bond donors (Lipinski definition) is 1. The molecule has 0 aromatic heterocycles. The summed E-state index contributed by atoms with van der Waals surface area (Å²) in [4.78, 5) is 12.3. The summed E-state index contributed by atoms with van der Waals surface area (Å²) in [5.74, 6) is 0.330. The van der Waals surface area contributed by atoms with Crippen LogP contribution < -0.4 is 14.3 Å². The topological polar surface area (TPSA) is 94.1 Å². The quantitative estimate of drug-likeness (QED) is 0.153. The van der Waals surface area contributed by atoms with Gasteiger partial charge in [0.2, 0.25) is 0 Å². The Morgan fingerprint density at radius 3 is 2.16 bits per heavy atom. The van der Waals surface area contributed by atoms with Crippen LogP contribution in [0.3, 0.4) is 0 Å². The second kappa shape index (κ2) is 11.9. The van der Waals surface area contributed by atoms with E-state index in [1.54, 1.807) is 42.5 Å². The monoisotopic (exact) mass is 554 g/mol. The first kappa shape index (κ1) is 26.2. The summed E-state index contributed by atoms with van der Waals surface area (Å²) in [6, 6.07) is 25.9. The lowest BCUT2D eigenvalue weighted by Crippen LogP contribution is -2.17. The minimum atomic E-state index is -3.99. The van der Waals surface area contributed by atoms with Gasteiger partial charge in [0, 0.05) is 21.2 Å². The molecule has 4 aromatic rings. The molecule has 0 aliphatic rings. The van der Waals surface area contributed by atoms with Gasteiger partial charge in [-0.25, -0.2) is 5.43 Å². The number of carbonyl (C=O) groups excluding carboxylic acids is 1. The predicted octanol–water partition coefficient (Wildman–Crippen LogP) is 6.10. The van der Waals surface area contributed by atoms with Gasteiger partial charge in [0.05, 0.1) is 6.21 Å². The van der Waals surface area contributed by atoms with Crippen LogP contribution in [0.1, 0.15) is 21.5 Å². The number of hydrazone groups is 1. The normalized spacial score (nSPS) is 11.3. The highest BCUT2D eigenvalue weighted by molar-refractivity contribution is 7.87. The highest BCUT2D eigenvalue weighted by Crippen LogP contribution is 2.21. The molecule has 0 bridgehead atoms. The van der Waals surface area contributed by atoms with Crippen molar-refractivity contribution in [2.45, 2.75) is 11.5 Å². The van der Waals surface area contributed by atoms with Crippen molar-refractivity contribution in [2.75, 3.05) is 0 Å². The summed E-state index contributed by atoms with van der Waals surface area (Å²) in [6.07, 6.45) is 1.43. The first-order valence-electron chi connectivity index (χ1n) is 10.9. The van der Waals surface area contributed by atoms with E-state index in [4.69, 9.17) is 32.1 Å². The summed E-state index contributed by atoms with van der Waals surface area (Å²) in [5, 5.41) is 4.99. The first-order chi connectivity index (χ1) is 17.8. The van der Waals surface area contributed by atoms with Crippen molar-refractivity contribution in [1.82, 2.24) is 5.43 Å². The van der Waals surface area contributed by atoms with E-state index >= 15 is 0 Å². The zero-order chi connectivity index (χ0) is 26.3. The van der Waals surface area contributed by atoms with E-state index in [1.165, 1.54) is 42.6 Å². The predicted molar refractivity (Wildman–Crippen MR) is 143 cm³/mol. The van der Waals surface area contributed by atoms with Gasteiger partial charge >= 0.3 is 10.1 Å². The molecule has 7 nitrogen and oxygen atoms in total. The Balaban J connectivity index is 1.28. The number of ether oxygens (including phenoxy) is 1. The molecule has 0 unspecified atom stereocenters. The molecule has 0 aliphatic carbocycles. The molecule has 0 radical (unpaired) electrons. The van der Waals surface area contributed by atoms with E-state index in [1.807, 2.05) is 18.2 Å². The number of nitrogens with one attached hydrogen (secondary N) is 1. The molecule has 0 fully saturated rings. The highest BCUT2D eigenvalue weighted by atomic mass is 35.5. The number of benzene rings is 4. The van der Waals surface area contributed by atoms with Crippen molar-refractivity contribution in [1.29, 1.82) is 0 Å². The number of hydrogen-bond acceptors (Lipinski definition) is 6. The van der Waals surface area contributed by atoms with Gasteiger partial charge in [0.15, 0.2) is 0 Å². The zero-order valence-corrected chi connectivity index (χ0v) is 21.5. The Morgan fingerprint density at radius 2 is 1.49 bits per heavy atom. The molecule has 0 saturated carbocycles. The maximum atomic E-state index is 12.4. The minimum Gasteiger partial charge on any atom is -0.489 e. The summed E-state index contributed by atoms with van der Waals surface area (Å²) in [7, 11) is -3.99. The lowest BCUT2D eigenvalue weighted by Gasteiger charge is -2.08. The van der Waals surface area contributed by atoms with E-state index in [2.05, 4.69) is 10.5 Å². The van der Waals surface area contributed by atoms with Crippen LogP contribution in [-0.2, 0) is 16.7 Å². The van der Waals surface area contributed by atoms with Crippen LogP contribution in [-0.4, -0.2) is 20.5 Å². The van der Waals surface area contributed by atoms with Gasteiger partial charge in [-0.15, -0.1) is 0 Å². The standard InChI is InChI=1S/C27H20Cl2N2O5S/c28-22-9-15-25(16-10-22)37(33,34)36-24-11-5-19(6-12-24)17-30-31-27(32)20-7-13-23(14-8-20)35-18-21-3-1-2-4-26(21)29/h1-17H,18H2,(H,31,32)/b30-17-. The van der Waals surface area contributed by atoms with Crippen LogP contribution in [0.15, 0.2) is 107 Å². The third kappa shape index (κ3) is 7.33. The first-order valence-corrected chi connectivity index (χ1v) is 13.1. The van der Waals surface area contributed by atoms with Crippen molar-refractivity contribution in [3.8, 4) is 11.5 Å². The fourth-order valence-corrected chi connectivity index (χ4v) is 4.34. The van der Waals surface area contributed by atoms with Gasteiger partial charge in [-0.05, 0) is 84.4 Å². The zero-order valence-electron chi connectivity index (χ0n) is 19.2. The molecule has 1 amide bonds. The van der Waals surface area contributed by atoms with Crippen molar-refractivity contribution >= 4 is 45.4 Å². The number of nitrogens with zero attached hydrogens (tertiary/aromatic N) is 1. The van der Waals surface area contributed by atoms with Crippen molar-refractivity contribution in [3.05, 3.63) is 124 Å². The van der Waals surface area contributed by atoms with E-state index in [0.717, 1.165) is 5.56 Å². The molecule has 0 spiro atoms. The Kier molecular flexibility index (Phi) is 8.45. The van der Waals surface area contributed by atoms with Crippen LogP contribution in [0, 0.1) is 0 Å². The Morgan fingerprint density at radius 1 is 0.838 bits per heavy atom. The SMILES string of the molecule is O=C(N/N=C\c1ccc(OS(=O)(=O)c2ccc(Cl)cc2)cc1)c1ccc(OCc2ccccc2Cl)cc1. The Labute approximate surface area is 224 Å². The molecule has 0 atom stereocenters. The Bertz CT molecular complexity index is 1510. The molecule has 4 aromatic carbocycles. The van der Waals surface area contributed by atoms with Crippen LogP contribution in [0.2, 0.25) is 10.0 Å². The second-order valence-electron chi connectivity index (χ2n) is 7.66. The summed E-state index contributed by atoms with van der Waals surface area (Å²) >= 11 is 11.9. The highest BCUT2D eigenvalue weighted by Gasteiger charge is 2.16. The van der Waals surface area contributed by atoms with Gasteiger partial charge in [-0.1, -0.05) is 41.4 Å². The largest absolute Gasteiger partial charge is 0.489 e. The Hall–Kier alpha value is -3.85. The fourth-order valence-electron chi connectivity index (χ4n) is 3.09. The van der Waals surface area contributed by atoms with Crippen molar-refractivity contribution in [2.24, 2.45) is 5.10 Å². The van der Waals surface area contributed by atoms with Gasteiger partial charge in [0.25, 0.3) is 5.91 Å². The number of halogens is 2. The molecule has 0 heterocycles. The molecule has 0 aliphatic heterocycles. The molecule has 4 rings (SSSR count). The van der Waals surface area contributed by atoms with Gasteiger partial charge < -0.3 is 8.92 Å². The van der Waals surface area contributed by atoms with Gasteiger partial charge in [0.1, 0.15) is 23.0 Å². The lowest BCUT2D eigenvalue weighted by atomic mass is 10.2. The number of rotatable bonds is 9. The summed E-state index contributed by atoms with van der Waals surface area (Å²) in [5.41, 5.74) is 4.34. The fraction of sp³-hybridized carbons (Fsp3) is 0.0370. The van der Waals surface area contributed by atoms with E-state index < -0.39 is 16.0 Å². The maximum absolute atomic E-state index is 12.4. The number of carbonyl (C=O) groups is 1. The third-order valence-electron chi connectivity index (χ3n) is 5.04. The van der Waals surface area contributed by atoms with Gasteiger partial charge in [-0.3, -0.25) is 4.79 Å². The van der Waals surface area contributed by atoms with Crippen LogP contribution in [0.4, 0.5) is 0 Å². The molecule has 10 heteroatoms. The van der Waals surface area contributed by atoms with E-state index in [0.29, 0.717) is 33.5 Å². The smallest absolute Gasteiger partial charge is 0.339 e.